The Labute approximate surface area is 189 Å². The van der Waals surface area contributed by atoms with E-state index in [1.807, 2.05) is 56.6 Å². The van der Waals surface area contributed by atoms with Crippen molar-refractivity contribution < 1.29 is 8.42 Å². The van der Waals surface area contributed by atoms with Crippen LogP contribution in [0.25, 0.3) is 11.1 Å². The molecule has 32 heavy (non-hydrogen) atoms. The van der Waals surface area contributed by atoms with Gasteiger partial charge in [-0.15, -0.1) is 0 Å². The molecular weight excluding hydrogens is 422 g/mol. The Morgan fingerprint density at radius 1 is 1.00 bits per heavy atom. The molecule has 2 heterocycles. The molecule has 168 valence electrons. The average molecular weight is 452 g/mol. The van der Waals surface area contributed by atoms with Crippen molar-refractivity contribution in [1.29, 1.82) is 0 Å². The Balaban J connectivity index is 1.78. The first-order valence-corrected chi connectivity index (χ1v) is 12.7. The number of hydrogen-bond acceptors (Lipinski definition) is 4. The lowest BCUT2D eigenvalue weighted by Gasteiger charge is -2.36. The summed E-state index contributed by atoms with van der Waals surface area (Å²) in [4.78, 5) is 15.2. The van der Waals surface area contributed by atoms with Gasteiger partial charge in [0.15, 0.2) is 0 Å². The van der Waals surface area contributed by atoms with Crippen LogP contribution in [0.15, 0.2) is 71.5 Å². The molecule has 2 atom stereocenters. The van der Waals surface area contributed by atoms with Gasteiger partial charge >= 0.3 is 0 Å². The number of fused-ring (bicyclic) bond motifs is 1. The summed E-state index contributed by atoms with van der Waals surface area (Å²) in [5.41, 5.74) is 4.73. The van der Waals surface area contributed by atoms with Gasteiger partial charge < -0.3 is 9.47 Å². The molecule has 1 N–H and O–H groups in total. The SMILES string of the molecule is CN(C)c1ccc2n(c1=O)C(Cc1cccc(-c3ccccc3)c1)C(NS(C)(=O)=O)CC2. The molecule has 2 aromatic carbocycles. The van der Waals surface area contributed by atoms with Crippen molar-refractivity contribution in [1.82, 2.24) is 9.29 Å². The largest absolute Gasteiger partial charge is 0.373 e. The van der Waals surface area contributed by atoms with Crippen LogP contribution in [0.5, 0.6) is 0 Å². The molecule has 0 spiro atoms. The number of anilines is 1. The number of nitrogens with zero attached hydrogens (tertiary/aromatic N) is 2. The predicted molar refractivity (Wildman–Crippen MR) is 130 cm³/mol. The molecule has 3 aromatic rings. The first-order chi connectivity index (χ1) is 15.2. The summed E-state index contributed by atoms with van der Waals surface area (Å²) in [5, 5.41) is 0. The lowest BCUT2D eigenvalue weighted by molar-refractivity contribution is 0.315. The highest BCUT2D eigenvalue weighted by molar-refractivity contribution is 7.88. The zero-order valence-electron chi connectivity index (χ0n) is 18.7. The number of rotatable bonds is 6. The van der Waals surface area contributed by atoms with Gasteiger partial charge in [0.05, 0.1) is 12.3 Å². The number of sulfonamides is 1. The van der Waals surface area contributed by atoms with Crippen LogP contribution >= 0.6 is 0 Å². The molecule has 0 aliphatic carbocycles. The molecule has 6 nitrogen and oxygen atoms in total. The summed E-state index contributed by atoms with van der Waals surface area (Å²) >= 11 is 0. The van der Waals surface area contributed by atoms with E-state index in [-0.39, 0.29) is 17.6 Å². The summed E-state index contributed by atoms with van der Waals surface area (Å²) < 4.78 is 28.8. The van der Waals surface area contributed by atoms with Crippen LogP contribution in [0.3, 0.4) is 0 Å². The van der Waals surface area contributed by atoms with Gasteiger partial charge in [0.1, 0.15) is 5.69 Å². The summed E-state index contributed by atoms with van der Waals surface area (Å²) in [7, 11) is 0.271. The van der Waals surface area contributed by atoms with Crippen molar-refractivity contribution in [2.45, 2.75) is 31.3 Å². The highest BCUT2D eigenvalue weighted by atomic mass is 32.2. The van der Waals surface area contributed by atoms with E-state index >= 15 is 0 Å². The third-order valence-electron chi connectivity index (χ3n) is 6.01. The molecule has 0 saturated heterocycles. The van der Waals surface area contributed by atoms with Gasteiger partial charge in [0, 0.05) is 25.8 Å². The number of pyridine rings is 1. The molecule has 0 radical (unpaired) electrons. The smallest absolute Gasteiger partial charge is 0.274 e. The highest BCUT2D eigenvalue weighted by Crippen LogP contribution is 2.30. The maximum absolute atomic E-state index is 13.4. The van der Waals surface area contributed by atoms with E-state index in [2.05, 4.69) is 29.0 Å². The first-order valence-electron chi connectivity index (χ1n) is 10.8. The van der Waals surface area contributed by atoms with E-state index in [4.69, 9.17) is 0 Å². The number of benzene rings is 2. The van der Waals surface area contributed by atoms with E-state index < -0.39 is 10.0 Å². The van der Waals surface area contributed by atoms with Crippen molar-refractivity contribution in [2.75, 3.05) is 25.3 Å². The van der Waals surface area contributed by atoms with Crippen molar-refractivity contribution >= 4 is 15.7 Å². The molecule has 0 bridgehead atoms. The van der Waals surface area contributed by atoms with Crippen molar-refractivity contribution in [3.8, 4) is 11.1 Å². The van der Waals surface area contributed by atoms with Crippen molar-refractivity contribution in [2.24, 2.45) is 0 Å². The van der Waals surface area contributed by atoms with Gasteiger partial charge in [-0.2, -0.15) is 0 Å². The number of nitrogens with one attached hydrogen (secondary N) is 1. The third-order valence-corrected chi connectivity index (χ3v) is 6.75. The second kappa shape index (κ2) is 8.92. The molecule has 1 aromatic heterocycles. The van der Waals surface area contributed by atoms with Crippen LogP contribution < -0.4 is 15.2 Å². The number of hydrogen-bond donors (Lipinski definition) is 1. The van der Waals surface area contributed by atoms with Crippen molar-refractivity contribution in [3.05, 3.63) is 88.3 Å². The minimum Gasteiger partial charge on any atom is -0.373 e. The van der Waals surface area contributed by atoms with Crippen LogP contribution in [0.4, 0.5) is 5.69 Å². The lowest BCUT2D eigenvalue weighted by atomic mass is 9.90. The maximum atomic E-state index is 13.4. The van der Waals surface area contributed by atoms with E-state index in [1.54, 1.807) is 9.47 Å². The molecule has 4 rings (SSSR count). The van der Waals surface area contributed by atoms with E-state index in [0.717, 1.165) is 22.4 Å². The monoisotopic (exact) mass is 451 g/mol. The predicted octanol–water partition coefficient (Wildman–Crippen LogP) is 3.23. The average Bonchev–Trinajstić information content (AvgIpc) is 2.75. The summed E-state index contributed by atoms with van der Waals surface area (Å²) in [6, 6.07) is 21.6. The number of aromatic nitrogens is 1. The van der Waals surface area contributed by atoms with Crippen LogP contribution in [0, 0.1) is 0 Å². The Morgan fingerprint density at radius 3 is 2.41 bits per heavy atom. The fraction of sp³-hybridized carbons (Fsp3) is 0.320. The van der Waals surface area contributed by atoms with Crippen LogP contribution in [0.1, 0.15) is 23.7 Å². The van der Waals surface area contributed by atoms with E-state index in [1.165, 1.54) is 6.26 Å². The Hall–Kier alpha value is -2.90. The van der Waals surface area contributed by atoms with Gasteiger partial charge in [-0.05, 0) is 48.1 Å². The van der Waals surface area contributed by atoms with Gasteiger partial charge in [0.25, 0.3) is 5.56 Å². The Bertz CT molecular complexity index is 1270. The normalized spacial score (nSPS) is 18.2. The Kier molecular flexibility index (Phi) is 6.22. The van der Waals surface area contributed by atoms with Crippen LogP contribution in [-0.2, 0) is 22.9 Å². The first kappa shape index (κ1) is 22.3. The fourth-order valence-corrected chi connectivity index (χ4v) is 5.38. The topological polar surface area (TPSA) is 71.4 Å². The molecule has 0 fully saturated rings. The summed E-state index contributed by atoms with van der Waals surface area (Å²) in [6.45, 7) is 0. The van der Waals surface area contributed by atoms with Gasteiger partial charge in [-0.25, -0.2) is 13.1 Å². The molecule has 0 amide bonds. The third kappa shape index (κ3) is 4.79. The molecule has 2 unspecified atom stereocenters. The molecule has 0 saturated carbocycles. The summed E-state index contributed by atoms with van der Waals surface area (Å²) in [6.07, 6.45) is 3.03. The zero-order chi connectivity index (χ0) is 22.9. The highest BCUT2D eigenvalue weighted by Gasteiger charge is 2.33. The van der Waals surface area contributed by atoms with E-state index in [9.17, 15) is 13.2 Å². The quantitative estimate of drug-likeness (QED) is 0.625. The van der Waals surface area contributed by atoms with Crippen LogP contribution in [0.2, 0.25) is 0 Å². The van der Waals surface area contributed by atoms with Gasteiger partial charge in [0.2, 0.25) is 10.0 Å². The lowest BCUT2D eigenvalue weighted by Crippen LogP contribution is -2.48. The fourth-order valence-electron chi connectivity index (χ4n) is 4.56. The Morgan fingerprint density at radius 2 is 1.72 bits per heavy atom. The molecule has 7 heteroatoms. The summed E-state index contributed by atoms with van der Waals surface area (Å²) in [5.74, 6) is 0. The minimum absolute atomic E-state index is 0.0864. The zero-order valence-corrected chi connectivity index (χ0v) is 19.5. The molecule has 1 aliphatic rings. The maximum Gasteiger partial charge on any atom is 0.274 e. The van der Waals surface area contributed by atoms with Crippen molar-refractivity contribution in [3.63, 3.8) is 0 Å². The second-order valence-corrected chi connectivity index (χ2v) is 10.4. The number of aryl methyl sites for hydroxylation is 1. The van der Waals surface area contributed by atoms with Gasteiger partial charge in [-0.1, -0.05) is 54.6 Å². The molecule has 1 aliphatic heterocycles. The minimum atomic E-state index is -3.42. The standard InChI is InChI=1S/C25H29N3O3S/c1-27(2)23-15-13-21-12-14-22(26-32(3,30)31)24(28(21)25(23)29)17-18-8-7-11-20(16-18)19-9-5-4-6-10-19/h4-11,13,15-16,22,24,26H,12,14,17H2,1-3H3. The van der Waals surface area contributed by atoms with E-state index in [0.29, 0.717) is 24.9 Å². The van der Waals surface area contributed by atoms with Gasteiger partial charge in [-0.3, -0.25) is 4.79 Å². The second-order valence-electron chi connectivity index (χ2n) is 8.65. The molecular formula is C25H29N3O3S. The van der Waals surface area contributed by atoms with Crippen LogP contribution in [-0.4, -0.2) is 39.4 Å².